The van der Waals surface area contributed by atoms with E-state index < -0.39 is 0 Å². The minimum Gasteiger partial charge on any atom is -0.383 e. The van der Waals surface area contributed by atoms with Crippen molar-refractivity contribution in [2.75, 3.05) is 26.8 Å². The molecule has 1 N–H and O–H groups in total. The Labute approximate surface area is 135 Å². The van der Waals surface area contributed by atoms with E-state index in [2.05, 4.69) is 21.2 Å². The van der Waals surface area contributed by atoms with E-state index in [0.29, 0.717) is 5.92 Å². The summed E-state index contributed by atoms with van der Waals surface area (Å²) in [7, 11) is 1.72. The third-order valence-electron chi connectivity index (χ3n) is 4.45. The Morgan fingerprint density at radius 1 is 1.38 bits per heavy atom. The van der Waals surface area contributed by atoms with E-state index in [9.17, 15) is 4.39 Å². The fourth-order valence-electron chi connectivity index (χ4n) is 3.27. The van der Waals surface area contributed by atoms with Crippen LogP contribution in [0, 0.1) is 17.7 Å². The molecular formula is C17H25BrFNO. The summed E-state index contributed by atoms with van der Waals surface area (Å²) in [6.45, 7) is 2.54. The lowest BCUT2D eigenvalue weighted by Gasteiger charge is -2.24. The first-order valence-corrected chi connectivity index (χ1v) is 8.63. The number of halogens is 2. The third kappa shape index (κ3) is 5.35. The Kier molecular flexibility index (Phi) is 7.14. The fraction of sp³-hybridized carbons (Fsp3) is 0.647. The molecule has 1 fully saturated rings. The van der Waals surface area contributed by atoms with Crippen LogP contribution in [0.1, 0.15) is 31.2 Å². The van der Waals surface area contributed by atoms with Crippen LogP contribution in [0.3, 0.4) is 0 Å². The maximum absolute atomic E-state index is 14.1. The zero-order valence-corrected chi connectivity index (χ0v) is 14.3. The summed E-state index contributed by atoms with van der Waals surface area (Å²) in [5.41, 5.74) is 0.837. The summed E-state index contributed by atoms with van der Waals surface area (Å²) in [5.74, 6) is 1.15. The van der Waals surface area contributed by atoms with Crippen molar-refractivity contribution >= 4 is 15.9 Å². The lowest BCUT2D eigenvalue weighted by molar-refractivity contribution is 0.195. The van der Waals surface area contributed by atoms with Gasteiger partial charge in [0, 0.05) is 18.1 Å². The van der Waals surface area contributed by atoms with Crippen LogP contribution in [0.5, 0.6) is 0 Å². The molecule has 0 aromatic heterocycles. The topological polar surface area (TPSA) is 21.3 Å². The Morgan fingerprint density at radius 3 is 2.81 bits per heavy atom. The number of benzene rings is 1. The van der Waals surface area contributed by atoms with Gasteiger partial charge in [-0.2, -0.15) is 0 Å². The van der Waals surface area contributed by atoms with Gasteiger partial charge in [0.25, 0.3) is 0 Å². The van der Waals surface area contributed by atoms with Gasteiger partial charge in [0.15, 0.2) is 0 Å². The first-order chi connectivity index (χ1) is 10.2. The Hall–Kier alpha value is -0.450. The van der Waals surface area contributed by atoms with Gasteiger partial charge in [-0.3, -0.25) is 0 Å². The number of rotatable bonds is 8. The van der Waals surface area contributed by atoms with Crippen molar-refractivity contribution in [1.82, 2.24) is 5.32 Å². The minimum atomic E-state index is -0.0933. The Bertz CT molecular complexity index is 435. The molecule has 0 radical (unpaired) electrons. The molecule has 1 aromatic carbocycles. The van der Waals surface area contributed by atoms with Crippen molar-refractivity contribution < 1.29 is 9.13 Å². The van der Waals surface area contributed by atoms with Crippen LogP contribution in [0.4, 0.5) is 4.39 Å². The van der Waals surface area contributed by atoms with Crippen LogP contribution in [0.25, 0.3) is 0 Å². The molecule has 0 bridgehead atoms. The standard InChI is InChI=1S/C17H25BrFNO/c1-21-9-8-20-12-15(13-4-2-3-5-13)10-14-6-7-16(18)11-17(14)19/h6-7,11,13,15,20H,2-5,8-10,12H2,1H3. The van der Waals surface area contributed by atoms with Gasteiger partial charge in [-0.1, -0.05) is 47.7 Å². The second kappa shape index (κ2) is 8.86. The zero-order chi connectivity index (χ0) is 15.1. The first-order valence-electron chi connectivity index (χ1n) is 7.84. The predicted molar refractivity (Wildman–Crippen MR) is 88.0 cm³/mol. The molecule has 4 heteroatoms. The van der Waals surface area contributed by atoms with E-state index in [1.54, 1.807) is 13.2 Å². The second-order valence-electron chi connectivity index (χ2n) is 5.94. The van der Waals surface area contributed by atoms with Crippen LogP contribution in [-0.4, -0.2) is 26.8 Å². The van der Waals surface area contributed by atoms with E-state index >= 15 is 0 Å². The molecule has 1 saturated carbocycles. The van der Waals surface area contributed by atoms with Crippen molar-refractivity contribution in [2.45, 2.75) is 32.1 Å². The molecule has 2 rings (SSSR count). The van der Waals surface area contributed by atoms with Crippen molar-refractivity contribution in [3.8, 4) is 0 Å². The molecule has 0 spiro atoms. The van der Waals surface area contributed by atoms with Gasteiger partial charge >= 0.3 is 0 Å². The number of nitrogens with one attached hydrogen (secondary N) is 1. The highest BCUT2D eigenvalue weighted by atomic mass is 79.9. The molecule has 0 saturated heterocycles. The summed E-state index contributed by atoms with van der Waals surface area (Å²) in [6.07, 6.45) is 6.04. The summed E-state index contributed by atoms with van der Waals surface area (Å²) in [6, 6.07) is 5.42. The highest BCUT2D eigenvalue weighted by molar-refractivity contribution is 9.10. The number of hydrogen-bond donors (Lipinski definition) is 1. The van der Waals surface area contributed by atoms with E-state index in [-0.39, 0.29) is 5.82 Å². The van der Waals surface area contributed by atoms with Gasteiger partial charge in [-0.25, -0.2) is 4.39 Å². The first kappa shape index (κ1) is 16.9. The molecule has 0 heterocycles. The molecule has 1 atom stereocenters. The number of methoxy groups -OCH3 is 1. The quantitative estimate of drug-likeness (QED) is 0.704. The van der Waals surface area contributed by atoms with E-state index in [0.717, 1.165) is 42.1 Å². The molecule has 2 nitrogen and oxygen atoms in total. The van der Waals surface area contributed by atoms with Gasteiger partial charge in [0.05, 0.1) is 6.61 Å². The summed E-state index contributed by atoms with van der Waals surface area (Å²) < 4.78 is 19.9. The lowest BCUT2D eigenvalue weighted by atomic mass is 9.85. The maximum atomic E-state index is 14.1. The third-order valence-corrected chi connectivity index (χ3v) is 4.95. The van der Waals surface area contributed by atoms with Crippen LogP contribution in [0.15, 0.2) is 22.7 Å². The fourth-order valence-corrected chi connectivity index (χ4v) is 3.60. The SMILES string of the molecule is COCCNCC(Cc1ccc(Br)cc1F)C1CCCC1. The van der Waals surface area contributed by atoms with Gasteiger partial charge in [-0.15, -0.1) is 0 Å². The molecule has 21 heavy (non-hydrogen) atoms. The van der Waals surface area contributed by atoms with Crippen molar-refractivity contribution in [2.24, 2.45) is 11.8 Å². The highest BCUT2D eigenvalue weighted by Gasteiger charge is 2.25. The normalized spacial score (nSPS) is 17.3. The van der Waals surface area contributed by atoms with E-state index in [4.69, 9.17) is 4.74 Å². The van der Waals surface area contributed by atoms with Crippen LogP contribution >= 0.6 is 15.9 Å². The predicted octanol–water partition coefficient (Wildman–Crippen LogP) is 4.17. The molecule has 0 aliphatic heterocycles. The number of hydrogen-bond acceptors (Lipinski definition) is 2. The van der Waals surface area contributed by atoms with E-state index in [1.807, 2.05) is 12.1 Å². The number of ether oxygens (including phenoxy) is 1. The largest absolute Gasteiger partial charge is 0.383 e. The monoisotopic (exact) mass is 357 g/mol. The maximum Gasteiger partial charge on any atom is 0.127 e. The minimum absolute atomic E-state index is 0.0933. The Morgan fingerprint density at radius 2 is 2.14 bits per heavy atom. The summed E-state index contributed by atoms with van der Waals surface area (Å²) in [4.78, 5) is 0. The highest BCUT2D eigenvalue weighted by Crippen LogP contribution is 2.33. The second-order valence-corrected chi connectivity index (χ2v) is 6.86. The average molecular weight is 358 g/mol. The molecule has 1 aliphatic rings. The van der Waals surface area contributed by atoms with Crippen molar-refractivity contribution in [3.05, 3.63) is 34.1 Å². The zero-order valence-electron chi connectivity index (χ0n) is 12.7. The molecular weight excluding hydrogens is 333 g/mol. The van der Waals surface area contributed by atoms with E-state index in [1.165, 1.54) is 25.7 Å². The van der Waals surface area contributed by atoms with Crippen LogP contribution in [-0.2, 0) is 11.2 Å². The van der Waals surface area contributed by atoms with Gasteiger partial charge < -0.3 is 10.1 Å². The lowest BCUT2D eigenvalue weighted by Crippen LogP contribution is -2.31. The van der Waals surface area contributed by atoms with Crippen molar-refractivity contribution in [1.29, 1.82) is 0 Å². The smallest absolute Gasteiger partial charge is 0.127 e. The Balaban J connectivity index is 1.96. The van der Waals surface area contributed by atoms with Gasteiger partial charge in [0.2, 0.25) is 0 Å². The van der Waals surface area contributed by atoms with Crippen molar-refractivity contribution in [3.63, 3.8) is 0 Å². The molecule has 118 valence electrons. The van der Waals surface area contributed by atoms with Crippen LogP contribution in [0.2, 0.25) is 0 Å². The molecule has 0 amide bonds. The summed E-state index contributed by atoms with van der Waals surface area (Å²) in [5, 5.41) is 3.46. The average Bonchev–Trinajstić information content (AvgIpc) is 2.98. The van der Waals surface area contributed by atoms with Gasteiger partial charge in [0.1, 0.15) is 5.82 Å². The van der Waals surface area contributed by atoms with Crippen LogP contribution < -0.4 is 5.32 Å². The van der Waals surface area contributed by atoms with Gasteiger partial charge in [-0.05, 0) is 42.5 Å². The molecule has 1 unspecified atom stereocenters. The summed E-state index contributed by atoms with van der Waals surface area (Å²) >= 11 is 3.32. The molecule has 1 aliphatic carbocycles. The molecule has 1 aromatic rings.